The van der Waals surface area contributed by atoms with Crippen LogP contribution in [0.4, 0.5) is 13.2 Å². The molecule has 1 aromatic heterocycles. The third-order valence-corrected chi connectivity index (χ3v) is 5.63. The van der Waals surface area contributed by atoms with Crippen molar-refractivity contribution in [2.24, 2.45) is 11.7 Å². The fourth-order valence-electron chi connectivity index (χ4n) is 4.11. The van der Waals surface area contributed by atoms with E-state index in [9.17, 15) is 22.8 Å². The van der Waals surface area contributed by atoms with Gasteiger partial charge in [-0.1, -0.05) is 0 Å². The van der Waals surface area contributed by atoms with Crippen molar-refractivity contribution >= 4 is 17.7 Å². The van der Waals surface area contributed by atoms with Gasteiger partial charge in [0.05, 0.1) is 5.92 Å². The fourth-order valence-corrected chi connectivity index (χ4v) is 4.11. The number of halogens is 3. The molecular formula is C21H19F3N4O3. The van der Waals surface area contributed by atoms with Crippen LogP contribution in [0.3, 0.4) is 0 Å². The number of nitrogen functional groups attached to an aromatic ring is 1. The number of piperidine rings is 1. The van der Waals surface area contributed by atoms with Crippen LogP contribution in [-0.4, -0.2) is 40.2 Å². The van der Waals surface area contributed by atoms with E-state index in [1.807, 2.05) is 0 Å². The number of alkyl halides is 2. The van der Waals surface area contributed by atoms with Crippen LogP contribution in [0.1, 0.15) is 40.9 Å². The van der Waals surface area contributed by atoms with E-state index < -0.39 is 47.6 Å². The molecule has 0 unspecified atom stereocenters. The molecule has 1 amide bonds. The second-order valence-electron chi connectivity index (χ2n) is 7.67. The van der Waals surface area contributed by atoms with Crippen molar-refractivity contribution in [3.8, 4) is 5.75 Å². The number of carbonyl (C=O) groups excluding carboxylic acids is 2. The normalized spacial score (nSPS) is 22.2. The summed E-state index contributed by atoms with van der Waals surface area (Å²) in [5.41, 5.74) is 4.56. The number of fused-ring (bicyclic) bond motifs is 2. The first-order valence-corrected chi connectivity index (χ1v) is 9.67. The molecule has 10 heteroatoms. The quantitative estimate of drug-likeness (QED) is 0.440. The molecule has 0 aliphatic carbocycles. The molecule has 0 spiro atoms. The molecule has 3 N–H and O–H groups in total. The minimum atomic E-state index is -3.37. The van der Waals surface area contributed by atoms with E-state index in [1.54, 1.807) is 0 Å². The van der Waals surface area contributed by atoms with Crippen LogP contribution in [-0.2, 0) is 10.7 Å². The van der Waals surface area contributed by atoms with Crippen molar-refractivity contribution in [3.05, 3.63) is 59.2 Å². The van der Waals surface area contributed by atoms with Crippen LogP contribution in [0.25, 0.3) is 0 Å². The van der Waals surface area contributed by atoms with E-state index >= 15 is 0 Å². The highest BCUT2D eigenvalue weighted by molar-refractivity contribution is 5.97. The smallest absolute Gasteiger partial charge is 0.316 e. The zero-order valence-corrected chi connectivity index (χ0v) is 16.3. The highest BCUT2D eigenvalue weighted by Gasteiger charge is 2.47. The first kappa shape index (κ1) is 20.8. The zero-order valence-electron chi connectivity index (χ0n) is 16.3. The molecule has 2 atom stereocenters. The van der Waals surface area contributed by atoms with Crippen LogP contribution in [0.15, 0.2) is 36.5 Å². The summed E-state index contributed by atoms with van der Waals surface area (Å²) in [6.45, 7) is -0.106. The molecule has 3 heterocycles. The predicted molar refractivity (Wildman–Crippen MR) is 103 cm³/mol. The molecular weight excluding hydrogens is 413 g/mol. The number of nitrogens with two attached hydrogens (primary N) is 1. The molecule has 0 bridgehead atoms. The maximum absolute atomic E-state index is 14.8. The number of benzene rings is 1. The van der Waals surface area contributed by atoms with Gasteiger partial charge in [0.15, 0.2) is 5.75 Å². The summed E-state index contributed by atoms with van der Waals surface area (Å²) in [7, 11) is 0. The largest absolute Gasteiger partial charge is 0.424 e. The molecule has 0 radical (unpaired) electrons. The van der Waals surface area contributed by atoms with Gasteiger partial charge in [-0.05, 0) is 43.2 Å². The lowest BCUT2D eigenvalue weighted by Crippen LogP contribution is -2.49. The number of hydrogen-bond acceptors (Lipinski definition) is 5. The van der Waals surface area contributed by atoms with Crippen LogP contribution in [0.5, 0.6) is 5.75 Å². The molecule has 31 heavy (non-hydrogen) atoms. The van der Waals surface area contributed by atoms with E-state index in [4.69, 9.17) is 15.9 Å². The average Bonchev–Trinajstić information content (AvgIpc) is 2.80. The van der Waals surface area contributed by atoms with Gasteiger partial charge in [0.1, 0.15) is 17.3 Å². The van der Waals surface area contributed by atoms with E-state index in [0.29, 0.717) is 6.07 Å². The van der Waals surface area contributed by atoms with Gasteiger partial charge >= 0.3 is 5.97 Å². The lowest BCUT2D eigenvalue weighted by atomic mass is 9.90. The third-order valence-electron chi connectivity index (χ3n) is 5.63. The number of nitrogens with zero attached hydrogens (tertiary/aromatic N) is 2. The average molecular weight is 432 g/mol. The van der Waals surface area contributed by atoms with Gasteiger partial charge in [0, 0.05) is 36.3 Å². The number of pyridine rings is 1. The second-order valence-corrected chi connectivity index (χ2v) is 7.67. The summed E-state index contributed by atoms with van der Waals surface area (Å²) in [6, 6.07) is 4.89. The number of aromatic nitrogens is 1. The summed E-state index contributed by atoms with van der Waals surface area (Å²) in [5.74, 6) is -6.66. The van der Waals surface area contributed by atoms with E-state index in [1.165, 1.54) is 23.2 Å². The van der Waals surface area contributed by atoms with Crippen LogP contribution in [0, 0.1) is 17.1 Å². The molecule has 162 valence electrons. The standard InChI is InChI=1S/C21H19F3N4O3/c22-12-4-6-14-15(8-12)21(23,24)9-13-5-3-11(10-28(13)19(14)29)20(30)31-16-2-1-7-27-17(16)18(25)26/h1-2,4,6-8,11,13H,3,5,9-10H2,(H3,25,26)/t11-,13+/m1/s1. The Labute approximate surface area is 175 Å². The van der Waals surface area contributed by atoms with Gasteiger partial charge < -0.3 is 15.4 Å². The summed E-state index contributed by atoms with van der Waals surface area (Å²) in [6.07, 6.45) is 1.16. The molecule has 1 saturated heterocycles. The molecule has 2 aromatic rings. The number of esters is 1. The molecule has 4 rings (SSSR count). The Bertz CT molecular complexity index is 1080. The van der Waals surface area contributed by atoms with Crippen molar-refractivity contribution in [2.75, 3.05) is 6.54 Å². The number of hydrogen-bond donors (Lipinski definition) is 2. The number of carbonyl (C=O) groups is 2. The second kappa shape index (κ2) is 7.68. The van der Waals surface area contributed by atoms with Crippen molar-refractivity contribution < 1.29 is 27.5 Å². The van der Waals surface area contributed by atoms with Crippen molar-refractivity contribution in [2.45, 2.75) is 31.2 Å². The molecule has 2 aliphatic heterocycles. The van der Waals surface area contributed by atoms with Crippen molar-refractivity contribution in [3.63, 3.8) is 0 Å². The fraction of sp³-hybridized carbons (Fsp3) is 0.333. The van der Waals surface area contributed by atoms with Crippen LogP contribution >= 0.6 is 0 Å². The maximum Gasteiger partial charge on any atom is 0.316 e. The SMILES string of the molecule is N=C(N)c1ncccc1OC(=O)[C@@H]1CC[C@H]2CC(F)(F)c3cc(F)ccc3C(=O)N2C1. The van der Waals surface area contributed by atoms with Crippen molar-refractivity contribution in [1.82, 2.24) is 9.88 Å². The summed E-state index contributed by atoms with van der Waals surface area (Å²) in [5, 5.41) is 7.53. The molecule has 1 fully saturated rings. The minimum Gasteiger partial charge on any atom is -0.424 e. The number of rotatable bonds is 3. The number of amides is 1. The molecule has 2 aliphatic rings. The van der Waals surface area contributed by atoms with Gasteiger partial charge in [-0.2, -0.15) is 0 Å². The van der Waals surface area contributed by atoms with Crippen LogP contribution in [0.2, 0.25) is 0 Å². The Balaban J connectivity index is 1.58. The summed E-state index contributed by atoms with van der Waals surface area (Å²) >= 11 is 0. The highest BCUT2D eigenvalue weighted by atomic mass is 19.3. The summed E-state index contributed by atoms with van der Waals surface area (Å²) < 4.78 is 48.5. The van der Waals surface area contributed by atoms with Gasteiger partial charge in [-0.3, -0.25) is 15.0 Å². The molecule has 0 saturated carbocycles. The first-order valence-electron chi connectivity index (χ1n) is 9.67. The van der Waals surface area contributed by atoms with E-state index in [0.717, 1.165) is 12.1 Å². The van der Waals surface area contributed by atoms with Crippen LogP contribution < -0.4 is 10.5 Å². The van der Waals surface area contributed by atoms with Gasteiger partial charge in [-0.15, -0.1) is 0 Å². The Kier molecular flexibility index (Phi) is 5.16. The van der Waals surface area contributed by atoms with E-state index in [-0.39, 0.29) is 42.2 Å². The lowest BCUT2D eigenvalue weighted by Gasteiger charge is -2.38. The zero-order chi connectivity index (χ0) is 22.3. The van der Waals surface area contributed by atoms with Crippen molar-refractivity contribution in [1.29, 1.82) is 5.41 Å². The highest BCUT2D eigenvalue weighted by Crippen LogP contribution is 2.43. The van der Waals surface area contributed by atoms with Gasteiger partial charge in [0.25, 0.3) is 11.8 Å². The summed E-state index contributed by atoms with van der Waals surface area (Å²) in [4.78, 5) is 30.9. The molecule has 1 aromatic carbocycles. The Morgan fingerprint density at radius 3 is 2.81 bits per heavy atom. The van der Waals surface area contributed by atoms with Gasteiger partial charge in [-0.25, -0.2) is 18.2 Å². The third kappa shape index (κ3) is 3.85. The Morgan fingerprint density at radius 1 is 1.29 bits per heavy atom. The Hall–Kier alpha value is -3.43. The number of ether oxygens (including phenoxy) is 1. The topological polar surface area (TPSA) is 109 Å². The van der Waals surface area contributed by atoms with Gasteiger partial charge in [0.2, 0.25) is 0 Å². The molecule has 7 nitrogen and oxygen atoms in total. The Morgan fingerprint density at radius 2 is 2.06 bits per heavy atom. The number of nitrogens with one attached hydrogen (secondary N) is 1. The monoisotopic (exact) mass is 432 g/mol. The first-order chi connectivity index (χ1) is 14.7. The number of amidine groups is 1. The predicted octanol–water partition coefficient (Wildman–Crippen LogP) is 2.83. The lowest BCUT2D eigenvalue weighted by molar-refractivity contribution is -0.141. The van der Waals surface area contributed by atoms with E-state index in [2.05, 4.69) is 4.98 Å². The minimum absolute atomic E-state index is 0.00554. The maximum atomic E-state index is 14.8.